The average Bonchev–Trinajstić information content (AvgIpc) is 3.13. The molecule has 1 N–H and O–H groups in total. The van der Waals surface area contributed by atoms with Crippen molar-refractivity contribution in [2.24, 2.45) is 0 Å². The number of nitrogens with zero attached hydrogens (tertiary/aromatic N) is 2. The third kappa shape index (κ3) is 4.93. The highest BCUT2D eigenvalue weighted by Gasteiger charge is 2.22. The molecule has 0 fully saturated rings. The lowest BCUT2D eigenvalue weighted by molar-refractivity contribution is -0.113. The molecule has 4 rings (SSSR count). The van der Waals surface area contributed by atoms with E-state index in [1.165, 1.54) is 16.6 Å². The number of anilines is 1. The molecule has 31 heavy (non-hydrogen) atoms. The second kappa shape index (κ2) is 9.92. The third-order valence-corrected chi connectivity index (χ3v) is 7.82. The summed E-state index contributed by atoms with van der Waals surface area (Å²) in [5.41, 5.74) is 1.55. The highest BCUT2D eigenvalue weighted by Crippen LogP contribution is 2.34. The molecule has 1 aliphatic rings. The Morgan fingerprint density at radius 1 is 1.32 bits per heavy atom. The Hall–Kier alpha value is -1.58. The normalized spacial score (nSPS) is 13.4. The summed E-state index contributed by atoms with van der Waals surface area (Å²) in [5.74, 6) is -0.175. The SMILES string of the molecule is COCCn1c(SCC(=O)Nc2cc(Cl)ccc2Cl)nc2sc3c(c2c1=O)CCCC3. The Labute approximate surface area is 197 Å². The molecule has 0 radical (unpaired) electrons. The number of methoxy groups -OCH3 is 1. The standard InChI is InChI=1S/C21H21Cl2N3O3S2/c1-29-9-8-26-20(28)18-13-4-2-3-5-16(13)31-19(18)25-21(26)30-11-17(27)24-15-10-12(22)6-7-14(15)23/h6-7,10H,2-5,8-9,11H2,1H3,(H,24,27). The Kier molecular flexibility index (Phi) is 7.23. The predicted molar refractivity (Wildman–Crippen MR) is 128 cm³/mol. The zero-order valence-electron chi connectivity index (χ0n) is 16.9. The lowest BCUT2D eigenvalue weighted by Crippen LogP contribution is -2.26. The van der Waals surface area contributed by atoms with Crippen LogP contribution in [0, 0.1) is 0 Å². The van der Waals surface area contributed by atoms with Crippen molar-refractivity contribution in [3.8, 4) is 0 Å². The fourth-order valence-electron chi connectivity index (χ4n) is 3.62. The number of aryl methyl sites for hydroxylation is 2. The summed E-state index contributed by atoms with van der Waals surface area (Å²) in [6.07, 6.45) is 4.16. The van der Waals surface area contributed by atoms with Crippen LogP contribution in [0.1, 0.15) is 23.3 Å². The fraction of sp³-hybridized carbons (Fsp3) is 0.381. The van der Waals surface area contributed by atoms with E-state index in [9.17, 15) is 9.59 Å². The van der Waals surface area contributed by atoms with E-state index in [0.29, 0.717) is 34.0 Å². The van der Waals surface area contributed by atoms with Crippen molar-refractivity contribution in [1.82, 2.24) is 9.55 Å². The molecule has 0 unspecified atom stereocenters. The molecule has 10 heteroatoms. The van der Waals surface area contributed by atoms with E-state index in [2.05, 4.69) is 5.32 Å². The van der Waals surface area contributed by atoms with Gasteiger partial charge in [0.1, 0.15) is 4.83 Å². The zero-order chi connectivity index (χ0) is 22.0. The molecule has 0 saturated heterocycles. The van der Waals surface area contributed by atoms with E-state index in [4.69, 9.17) is 32.9 Å². The molecule has 0 spiro atoms. The van der Waals surface area contributed by atoms with Gasteiger partial charge in [0, 0.05) is 17.0 Å². The highest BCUT2D eigenvalue weighted by atomic mass is 35.5. The lowest BCUT2D eigenvalue weighted by Gasteiger charge is -2.13. The third-order valence-electron chi connectivity index (χ3n) is 5.09. The van der Waals surface area contributed by atoms with Crippen LogP contribution in [0.2, 0.25) is 10.0 Å². The van der Waals surface area contributed by atoms with Crippen molar-refractivity contribution >= 4 is 68.1 Å². The van der Waals surface area contributed by atoms with Crippen molar-refractivity contribution in [2.45, 2.75) is 37.4 Å². The predicted octanol–water partition coefficient (Wildman–Crippen LogP) is 5.02. The molecule has 1 aliphatic carbocycles. The van der Waals surface area contributed by atoms with Crippen LogP contribution in [-0.2, 0) is 28.9 Å². The Morgan fingerprint density at radius 2 is 2.13 bits per heavy atom. The van der Waals surface area contributed by atoms with E-state index in [1.807, 2.05) is 0 Å². The van der Waals surface area contributed by atoms with Gasteiger partial charge in [0.15, 0.2) is 5.16 Å². The van der Waals surface area contributed by atoms with E-state index in [0.717, 1.165) is 41.5 Å². The summed E-state index contributed by atoms with van der Waals surface area (Å²) in [5, 5.41) is 4.90. The summed E-state index contributed by atoms with van der Waals surface area (Å²) >= 11 is 14.9. The van der Waals surface area contributed by atoms with Gasteiger partial charge in [0.25, 0.3) is 5.56 Å². The number of benzene rings is 1. The van der Waals surface area contributed by atoms with E-state index in [-0.39, 0.29) is 17.2 Å². The quantitative estimate of drug-likeness (QED) is 0.366. The summed E-state index contributed by atoms with van der Waals surface area (Å²) in [6.45, 7) is 0.768. The average molecular weight is 498 g/mol. The van der Waals surface area contributed by atoms with Gasteiger partial charge in [-0.05, 0) is 49.4 Å². The zero-order valence-corrected chi connectivity index (χ0v) is 20.0. The summed E-state index contributed by atoms with van der Waals surface area (Å²) in [7, 11) is 1.60. The van der Waals surface area contributed by atoms with Gasteiger partial charge in [-0.25, -0.2) is 4.98 Å². The number of ether oxygens (including phenoxy) is 1. The van der Waals surface area contributed by atoms with Gasteiger partial charge in [-0.2, -0.15) is 0 Å². The number of nitrogens with one attached hydrogen (secondary N) is 1. The molecule has 6 nitrogen and oxygen atoms in total. The van der Waals surface area contributed by atoms with Crippen molar-refractivity contribution < 1.29 is 9.53 Å². The van der Waals surface area contributed by atoms with Crippen molar-refractivity contribution in [1.29, 1.82) is 0 Å². The van der Waals surface area contributed by atoms with E-state index in [1.54, 1.807) is 41.2 Å². The van der Waals surface area contributed by atoms with Crippen LogP contribution in [0.25, 0.3) is 10.2 Å². The summed E-state index contributed by atoms with van der Waals surface area (Å²) < 4.78 is 6.81. The van der Waals surface area contributed by atoms with Crippen molar-refractivity contribution in [3.05, 3.63) is 49.0 Å². The second-order valence-electron chi connectivity index (χ2n) is 7.20. The van der Waals surface area contributed by atoms with Crippen LogP contribution in [0.5, 0.6) is 0 Å². The summed E-state index contributed by atoms with van der Waals surface area (Å²) in [4.78, 5) is 32.6. The molecule has 3 aromatic rings. The van der Waals surface area contributed by atoms with Crippen LogP contribution in [0.3, 0.4) is 0 Å². The molecule has 2 aromatic heterocycles. The smallest absolute Gasteiger partial charge is 0.263 e. The maximum absolute atomic E-state index is 13.3. The number of amides is 1. The highest BCUT2D eigenvalue weighted by molar-refractivity contribution is 7.99. The van der Waals surface area contributed by atoms with Gasteiger partial charge in [-0.1, -0.05) is 35.0 Å². The van der Waals surface area contributed by atoms with Crippen LogP contribution in [0.15, 0.2) is 28.2 Å². The number of carbonyl (C=O) groups excluding carboxylic acids is 1. The topological polar surface area (TPSA) is 73.2 Å². The monoisotopic (exact) mass is 497 g/mol. The second-order valence-corrected chi connectivity index (χ2v) is 10.1. The molecule has 0 saturated carbocycles. The Balaban J connectivity index is 1.60. The number of rotatable bonds is 7. The molecular weight excluding hydrogens is 477 g/mol. The van der Waals surface area contributed by atoms with Gasteiger partial charge in [-0.15, -0.1) is 11.3 Å². The Bertz CT molecular complexity index is 1190. The Morgan fingerprint density at radius 3 is 2.94 bits per heavy atom. The molecule has 0 bridgehead atoms. The minimum atomic E-state index is -0.257. The number of halogens is 2. The van der Waals surface area contributed by atoms with Gasteiger partial charge in [-0.3, -0.25) is 14.2 Å². The minimum Gasteiger partial charge on any atom is -0.383 e. The number of thiophene rings is 1. The van der Waals surface area contributed by atoms with E-state index >= 15 is 0 Å². The number of hydrogen-bond donors (Lipinski definition) is 1. The first-order chi connectivity index (χ1) is 15.0. The van der Waals surface area contributed by atoms with E-state index < -0.39 is 0 Å². The van der Waals surface area contributed by atoms with Crippen LogP contribution in [0.4, 0.5) is 5.69 Å². The van der Waals surface area contributed by atoms with Crippen molar-refractivity contribution in [2.75, 3.05) is 24.8 Å². The molecule has 1 amide bonds. The summed E-state index contributed by atoms with van der Waals surface area (Å²) in [6, 6.07) is 4.88. The van der Waals surface area contributed by atoms with Gasteiger partial charge < -0.3 is 10.1 Å². The number of hydrogen-bond acceptors (Lipinski definition) is 6. The molecule has 0 aliphatic heterocycles. The number of carbonyl (C=O) groups is 1. The fourth-order valence-corrected chi connectivity index (χ4v) is 6.08. The maximum Gasteiger partial charge on any atom is 0.263 e. The number of fused-ring (bicyclic) bond motifs is 3. The number of thioether (sulfide) groups is 1. The molecule has 164 valence electrons. The van der Waals surface area contributed by atoms with Gasteiger partial charge in [0.2, 0.25) is 5.91 Å². The maximum atomic E-state index is 13.3. The largest absolute Gasteiger partial charge is 0.383 e. The van der Waals surface area contributed by atoms with Gasteiger partial charge >= 0.3 is 0 Å². The first kappa shape index (κ1) is 22.6. The van der Waals surface area contributed by atoms with Crippen LogP contribution >= 0.6 is 46.3 Å². The first-order valence-electron chi connectivity index (χ1n) is 9.89. The first-order valence-corrected chi connectivity index (χ1v) is 12.5. The van der Waals surface area contributed by atoms with Gasteiger partial charge in [0.05, 0.1) is 35.0 Å². The van der Waals surface area contributed by atoms with Crippen molar-refractivity contribution in [3.63, 3.8) is 0 Å². The lowest BCUT2D eigenvalue weighted by atomic mass is 9.97. The molecule has 1 aromatic carbocycles. The minimum absolute atomic E-state index is 0.0535. The molecule has 2 heterocycles. The number of aromatic nitrogens is 2. The van der Waals surface area contributed by atoms with Crippen LogP contribution in [-0.4, -0.2) is 34.9 Å². The molecular formula is C21H21Cl2N3O3S2. The molecule has 0 atom stereocenters. The van der Waals surface area contributed by atoms with Crippen LogP contribution < -0.4 is 10.9 Å².